The highest BCUT2D eigenvalue weighted by atomic mass is 35.5. The van der Waals surface area contributed by atoms with Crippen molar-refractivity contribution in [2.75, 3.05) is 6.61 Å². The van der Waals surface area contributed by atoms with Crippen molar-refractivity contribution < 1.29 is 26.4 Å². The van der Waals surface area contributed by atoms with Crippen LogP contribution in [0.25, 0.3) is 0 Å². The highest BCUT2D eigenvalue weighted by molar-refractivity contribution is 7.86. The zero-order chi connectivity index (χ0) is 23.3. The van der Waals surface area contributed by atoms with Gasteiger partial charge in [0.25, 0.3) is 5.91 Å². The third kappa shape index (κ3) is 6.80. The van der Waals surface area contributed by atoms with Crippen LogP contribution < -0.4 is 14.6 Å². The molecule has 1 amide bonds. The minimum Gasteiger partial charge on any atom is -0.484 e. The third-order valence-corrected chi connectivity index (χ3v) is 6.19. The predicted octanol–water partition coefficient (Wildman–Crippen LogP) is 4.34. The maximum absolute atomic E-state index is 13.6. The maximum Gasteiger partial charge on any atom is 0.332 e. The number of nitrogens with one attached hydrogen (secondary N) is 1. The third-order valence-electron chi connectivity index (χ3n) is 4.31. The molecule has 0 radical (unpaired) electrons. The lowest BCUT2D eigenvalue weighted by molar-refractivity contribution is -0.689. The molecule has 32 heavy (non-hydrogen) atoms. The number of amides is 1. The van der Waals surface area contributed by atoms with Crippen LogP contribution in [0.1, 0.15) is 11.1 Å². The molecular formula is C21H17Cl3FN2O4S+. The number of pyridine rings is 1. The summed E-state index contributed by atoms with van der Waals surface area (Å²) in [6.45, 7) is 0.0878. The van der Waals surface area contributed by atoms with Crippen LogP contribution in [0.4, 0.5) is 3.89 Å². The monoisotopic (exact) mass is 517 g/mol. The Morgan fingerprint density at radius 1 is 1.06 bits per heavy atom. The Bertz CT molecular complexity index is 1260. The van der Waals surface area contributed by atoms with E-state index in [-0.39, 0.29) is 36.2 Å². The lowest BCUT2D eigenvalue weighted by Gasteiger charge is -2.08. The molecule has 0 saturated heterocycles. The molecule has 2 aromatic carbocycles. The molecule has 168 valence electrons. The molecule has 0 fully saturated rings. The smallest absolute Gasteiger partial charge is 0.332 e. The molecule has 0 bridgehead atoms. The second kappa shape index (κ2) is 10.5. The van der Waals surface area contributed by atoms with Crippen molar-refractivity contribution in [2.24, 2.45) is 0 Å². The molecule has 0 unspecified atom stereocenters. The first-order chi connectivity index (χ1) is 15.1. The average molecular weight is 519 g/mol. The van der Waals surface area contributed by atoms with E-state index in [1.165, 1.54) is 18.2 Å². The molecule has 0 aliphatic carbocycles. The minimum atomic E-state index is -4.93. The number of hydrogen-bond donors (Lipinski definition) is 1. The van der Waals surface area contributed by atoms with Crippen LogP contribution in [-0.2, 0) is 28.1 Å². The highest BCUT2D eigenvalue weighted by Crippen LogP contribution is 2.26. The van der Waals surface area contributed by atoms with Gasteiger partial charge in [-0.25, -0.2) is 4.57 Å². The fourth-order valence-electron chi connectivity index (χ4n) is 2.83. The first-order valence-corrected chi connectivity index (χ1v) is 11.7. The lowest BCUT2D eigenvalue weighted by Crippen LogP contribution is -2.35. The summed E-state index contributed by atoms with van der Waals surface area (Å²) >= 11 is 17.6. The van der Waals surface area contributed by atoms with Crippen molar-refractivity contribution >= 4 is 50.9 Å². The quantitative estimate of drug-likeness (QED) is 0.356. The normalized spacial score (nSPS) is 11.2. The number of halogens is 4. The van der Waals surface area contributed by atoms with Gasteiger partial charge in [0, 0.05) is 34.8 Å². The van der Waals surface area contributed by atoms with Crippen molar-refractivity contribution in [3.8, 4) is 5.75 Å². The number of ether oxygens (including phenoxy) is 1. The Kier molecular flexibility index (Phi) is 7.95. The van der Waals surface area contributed by atoms with Crippen LogP contribution in [0.2, 0.25) is 15.1 Å². The maximum atomic E-state index is 13.6. The Labute approximate surface area is 199 Å². The van der Waals surface area contributed by atoms with Crippen LogP contribution in [0, 0.1) is 0 Å². The van der Waals surface area contributed by atoms with Crippen molar-refractivity contribution in [1.29, 1.82) is 0 Å². The predicted molar refractivity (Wildman–Crippen MR) is 119 cm³/mol. The lowest BCUT2D eigenvalue weighted by atomic mass is 10.2. The molecule has 0 aliphatic rings. The van der Waals surface area contributed by atoms with Gasteiger partial charge >= 0.3 is 10.2 Å². The topological polar surface area (TPSA) is 76.3 Å². The number of carbonyl (C=O) groups excluding carboxylic acids is 1. The van der Waals surface area contributed by atoms with Crippen molar-refractivity contribution in [3.63, 3.8) is 0 Å². The largest absolute Gasteiger partial charge is 0.484 e. The highest BCUT2D eigenvalue weighted by Gasteiger charge is 2.20. The summed E-state index contributed by atoms with van der Waals surface area (Å²) in [5, 5.41) is 3.55. The van der Waals surface area contributed by atoms with Gasteiger partial charge in [0.1, 0.15) is 10.6 Å². The van der Waals surface area contributed by atoms with Gasteiger partial charge in [0.15, 0.2) is 25.5 Å². The van der Waals surface area contributed by atoms with Gasteiger partial charge in [-0.2, -0.15) is 8.42 Å². The van der Waals surface area contributed by atoms with Crippen LogP contribution in [0.15, 0.2) is 65.8 Å². The van der Waals surface area contributed by atoms with Crippen LogP contribution in [0.5, 0.6) is 5.75 Å². The van der Waals surface area contributed by atoms with Crippen LogP contribution in [-0.4, -0.2) is 20.9 Å². The Hall–Kier alpha value is -2.39. The number of aromatic nitrogens is 1. The summed E-state index contributed by atoms with van der Waals surface area (Å²) < 4.78 is 43.5. The summed E-state index contributed by atoms with van der Waals surface area (Å²) in [6.07, 6.45) is 3.41. The van der Waals surface area contributed by atoms with E-state index in [4.69, 9.17) is 39.5 Å². The van der Waals surface area contributed by atoms with E-state index < -0.39 is 15.1 Å². The SMILES string of the molecule is O=C(COc1ccc(Cl)c(Cl)c1)NCc1ccc[n+](Cc2ccc(Cl)cc2S(=O)(=O)F)c1. The summed E-state index contributed by atoms with van der Waals surface area (Å²) in [5.74, 6) is 0.0590. The van der Waals surface area contributed by atoms with E-state index in [1.54, 1.807) is 41.2 Å². The summed E-state index contributed by atoms with van der Waals surface area (Å²) in [7, 11) is -4.93. The molecule has 0 atom stereocenters. The number of nitrogens with zero attached hydrogens (tertiary/aromatic N) is 1. The van der Waals surface area contributed by atoms with Gasteiger partial charge in [-0.15, -0.1) is 3.89 Å². The summed E-state index contributed by atoms with van der Waals surface area (Å²) in [5.41, 5.74) is 0.993. The second-order valence-corrected chi connectivity index (χ2v) is 9.28. The fourth-order valence-corrected chi connectivity index (χ4v) is 4.07. The van der Waals surface area contributed by atoms with Gasteiger partial charge in [-0.3, -0.25) is 4.79 Å². The van der Waals surface area contributed by atoms with Crippen molar-refractivity contribution in [1.82, 2.24) is 5.32 Å². The first kappa shape index (κ1) is 24.3. The van der Waals surface area contributed by atoms with Gasteiger partial charge in [-0.05, 0) is 36.4 Å². The molecular weight excluding hydrogens is 502 g/mol. The zero-order valence-electron chi connectivity index (χ0n) is 16.4. The first-order valence-electron chi connectivity index (χ1n) is 9.17. The van der Waals surface area contributed by atoms with E-state index in [2.05, 4.69) is 5.32 Å². The second-order valence-electron chi connectivity index (χ2n) is 6.72. The molecule has 1 heterocycles. The standard InChI is InChI=1S/C21H16Cl3FN2O4S/c22-16-4-3-15(20(8-16)32(25,29)30)12-27-7-1-2-14(11-27)10-26-21(28)13-31-17-5-6-18(23)19(24)9-17/h1-9,11H,10,12-13H2/p+1. The summed E-state index contributed by atoms with van der Waals surface area (Å²) in [6, 6.07) is 12.2. The Balaban J connectivity index is 1.61. The molecule has 3 rings (SSSR count). The van der Waals surface area contributed by atoms with Gasteiger partial charge < -0.3 is 10.1 Å². The molecule has 3 aromatic rings. The Morgan fingerprint density at radius 2 is 1.84 bits per heavy atom. The van der Waals surface area contributed by atoms with Crippen LogP contribution in [0.3, 0.4) is 0 Å². The average Bonchev–Trinajstić information content (AvgIpc) is 2.74. The van der Waals surface area contributed by atoms with E-state index in [0.29, 0.717) is 15.8 Å². The molecule has 0 spiro atoms. The van der Waals surface area contributed by atoms with Gasteiger partial charge in [0.2, 0.25) is 0 Å². The molecule has 6 nitrogen and oxygen atoms in total. The van der Waals surface area contributed by atoms with Crippen molar-refractivity contribution in [3.05, 3.63) is 87.1 Å². The van der Waals surface area contributed by atoms with Crippen LogP contribution >= 0.6 is 34.8 Å². The summed E-state index contributed by atoms with van der Waals surface area (Å²) in [4.78, 5) is 11.6. The van der Waals surface area contributed by atoms with E-state index >= 15 is 0 Å². The zero-order valence-corrected chi connectivity index (χ0v) is 19.5. The fraction of sp³-hybridized carbons (Fsp3) is 0.143. The van der Waals surface area contributed by atoms with E-state index in [1.807, 2.05) is 0 Å². The molecule has 1 aromatic heterocycles. The number of benzene rings is 2. The van der Waals surface area contributed by atoms with Crippen molar-refractivity contribution in [2.45, 2.75) is 18.0 Å². The number of hydrogen-bond acceptors (Lipinski definition) is 4. The molecule has 11 heteroatoms. The Morgan fingerprint density at radius 3 is 2.56 bits per heavy atom. The number of rotatable bonds is 8. The van der Waals surface area contributed by atoms with E-state index in [9.17, 15) is 17.1 Å². The van der Waals surface area contributed by atoms with E-state index in [0.717, 1.165) is 11.6 Å². The molecule has 0 aliphatic heterocycles. The minimum absolute atomic E-state index is 0.0951. The molecule has 0 saturated carbocycles. The molecule has 1 N–H and O–H groups in total. The van der Waals surface area contributed by atoms with Gasteiger partial charge in [-0.1, -0.05) is 34.8 Å². The van der Waals surface area contributed by atoms with Gasteiger partial charge in [0.05, 0.1) is 10.0 Å². The number of carbonyl (C=O) groups is 1.